The van der Waals surface area contributed by atoms with E-state index in [1.54, 1.807) is 0 Å². The molecule has 1 aromatic carbocycles. The van der Waals surface area contributed by atoms with E-state index in [4.69, 9.17) is 5.26 Å². The van der Waals surface area contributed by atoms with Crippen LogP contribution in [-0.2, 0) is 13.0 Å². The molecule has 0 N–H and O–H groups in total. The molecular weight excluding hydrogens is 184 g/mol. The molecule has 0 aromatic heterocycles. The predicted molar refractivity (Wildman–Crippen MR) is 62.4 cm³/mol. The molecule has 0 spiro atoms. The summed E-state index contributed by atoms with van der Waals surface area (Å²) in [7, 11) is 2.05. The van der Waals surface area contributed by atoms with Gasteiger partial charge in [-0.2, -0.15) is 5.26 Å². The Hall–Kier alpha value is -1.33. The Labute approximate surface area is 92.1 Å². The summed E-state index contributed by atoms with van der Waals surface area (Å²) in [6.45, 7) is 3.92. The van der Waals surface area contributed by atoms with Gasteiger partial charge in [0.15, 0.2) is 0 Å². The van der Waals surface area contributed by atoms with Gasteiger partial charge in [-0.1, -0.05) is 31.2 Å². The van der Waals surface area contributed by atoms with Crippen molar-refractivity contribution in [2.24, 2.45) is 0 Å². The molecule has 2 nitrogen and oxygen atoms in total. The molecule has 0 heterocycles. The smallest absolute Gasteiger partial charge is 0.0635 e. The van der Waals surface area contributed by atoms with Crippen molar-refractivity contribution in [1.29, 1.82) is 5.26 Å². The van der Waals surface area contributed by atoms with Crippen molar-refractivity contribution in [3.05, 3.63) is 35.4 Å². The van der Waals surface area contributed by atoms with Gasteiger partial charge in [0.1, 0.15) is 0 Å². The number of benzene rings is 1. The summed E-state index contributed by atoms with van der Waals surface area (Å²) < 4.78 is 0. The Balaban J connectivity index is 2.46. The standard InChI is InChI=1S/C13H18N2/c1-3-12-5-7-13(8-6-12)11-15(2)10-4-9-14/h5-8H,3-4,10-11H2,1-2H3. The Bertz CT molecular complexity index is 321. The molecule has 0 radical (unpaired) electrons. The van der Waals surface area contributed by atoms with Gasteiger partial charge >= 0.3 is 0 Å². The van der Waals surface area contributed by atoms with E-state index in [-0.39, 0.29) is 0 Å². The summed E-state index contributed by atoms with van der Waals surface area (Å²) >= 11 is 0. The third kappa shape index (κ3) is 4.14. The van der Waals surface area contributed by atoms with Crippen molar-refractivity contribution >= 4 is 0 Å². The van der Waals surface area contributed by atoms with Crippen LogP contribution in [0.2, 0.25) is 0 Å². The van der Waals surface area contributed by atoms with Crippen molar-refractivity contribution in [2.45, 2.75) is 26.3 Å². The average molecular weight is 202 g/mol. The second-order valence-corrected chi connectivity index (χ2v) is 3.82. The molecule has 0 amide bonds. The molecule has 0 atom stereocenters. The summed E-state index contributed by atoms with van der Waals surface area (Å²) in [6.07, 6.45) is 1.69. The van der Waals surface area contributed by atoms with Gasteiger partial charge in [-0.3, -0.25) is 0 Å². The lowest BCUT2D eigenvalue weighted by atomic mass is 10.1. The Morgan fingerprint density at radius 1 is 1.20 bits per heavy atom. The lowest BCUT2D eigenvalue weighted by molar-refractivity contribution is 0.335. The SMILES string of the molecule is CCc1ccc(CN(C)CCC#N)cc1. The number of hydrogen-bond donors (Lipinski definition) is 0. The monoisotopic (exact) mass is 202 g/mol. The number of hydrogen-bond acceptors (Lipinski definition) is 2. The molecule has 0 aliphatic heterocycles. The minimum absolute atomic E-state index is 0.601. The number of rotatable bonds is 5. The molecule has 1 rings (SSSR count). The fourth-order valence-electron chi connectivity index (χ4n) is 1.51. The summed E-state index contributed by atoms with van der Waals surface area (Å²) in [4.78, 5) is 2.17. The molecule has 0 unspecified atom stereocenters. The zero-order chi connectivity index (χ0) is 11.1. The van der Waals surface area contributed by atoms with Crippen LogP contribution in [0, 0.1) is 11.3 Å². The zero-order valence-corrected chi connectivity index (χ0v) is 9.53. The first kappa shape index (κ1) is 11.7. The Morgan fingerprint density at radius 2 is 1.80 bits per heavy atom. The normalized spacial score (nSPS) is 10.3. The van der Waals surface area contributed by atoms with Crippen LogP contribution >= 0.6 is 0 Å². The molecular formula is C13H18N2. The van der Waals surface area contributed by atoms with Crippen LogP contribution in [0.15, 0.2) is 24.3 Å². The maximum Gasteiger partial charge on any atom is 0.0635 e. The van der Waals surface area contributed by atoms with Crippen molar-refractivity contribution in [1.82, 2.24) is 4.90 Å². The number of nitrogens with zero attached hydrogens (tertiary/aromatic N) is 2. The van der Waals surface area contributed by atoms with E-state index < -0.39 is 0 Å². The van der Waals surface area contributed by atoms with Crippen LogP contribution in [0.5, 0.6) is 0 Å². The quantitative estimate of drug-likeness (QED) is 0.733. The van der Waals surface area contributed by atoms with Gasteiger partial charge in [-0.05, 0) is 24.6 Å². The molecule has 2 heteroatoms. The Morgan fingerprint density at radius 3 is 2.33 bits per heavy atom. The van der Waals surface area contributed by atoms with Gasteiger partial charge in [-0.15, -0.1) is 0 Å². The minimum Gasteiger partial charge on any atom is -0.301 e. The highest BCUT2D eigenvalue weighted by atomic mass is 15.1. The predicted octanol–water partition coefficient (Wildman–Crippen LogP) is 2.59. The third-order valence-corrected chi connectivity index (χ3v) is 2.49. The first-order valence-corrected chi connectivity index (χ1v) is 5.39. The molecule has 0 saturated carbocycles. The molecule has 80 valence electrons. The van der Waals surface area contributed by atoms with E-state index in [1.165, 1.54) is 11.1 Å². The largest absolute Gasteiger partial charge is 0.301 e. The Kier molecular flexibility index (Phi) is 4.86. The second-order valence-electron chi connectivity index (χ2n) is 3.82. The minimum atomic E-state index is 0.601. The maximum absolute atomic E-state index is 8.47. The first-order chi connectivity index (χ1) is 7.26. The van der Waals surface area contributed by atoms with Crippen molar-refractivity contribution < 1.29 is 0 Å². The van der Waals surface area contributed by atoms with Crippen LogP contribution in [0.1, 0.15) is 24.5 Å². The van der Waals surface area contributed by atoms with Crippen molar-refractivity contribution in [3.63, 3.8) is 0 Å². The maximum atomic E-state index is 8.47. The summed E-state index contributed by atoms with van der Waals surface area (Å²) in [5.74, 6) is 0. The summed E-state index contributed by atoms with van der Waals surface area (Å²) in [6, 6.07) is 10.8. The van der Waals surface area contributed by atoms with Gasteiger partial charge < -0.3 is 4.90 Å². The van der Waals surface area contributed by atoms with Crippen LogP contribution in [0.4, 0.5) is 0 Å². The molecule has 0 aliphatic carbocycles. The van der Waals surface area contributed by atoms with Gasteiger partial charge in [-0.25, -0.2) is 0 Å². The summed E-state index contributed by atoms with van der Waals surface area (Å²) in [5.41, 5.74) is 2.69. The molecule has 15 heavy (non-hydrogen) atoms. The average Bonchev–Trinajstić information content (AvgIpc) is 2.27. The molecule has 0 saturated heterocycles. The highest BCUT2D eigenvalue weighted by Gasteiger charge is 1.99. The molecule has 1 aromatic rings. The van der Waals surface area contributed by atoms with Gasteiger partial charge in [0.25, 0.3) is 0 Å². The van der Waals surface area contributed by atoms with Crippen molar-refractivity contribution in [3.8, 4) is 6.07 Å². The highest BCUT2D eigenvalue weighted by molar-refractivity contribution is 5.22. The van der Waals surface area contributed by atoms with E-state index in [9.17, 15) is 0 Å². The van der Waals surface area contributed by atoms with Gasteiger partial charge in [0.05, 0.1) is 6.07 Å². The van der Waals surface area contributed by atoms with E-state index in [0.29, 0.717) is 6.42 Å². The van der Waals surface area contributed by atoms with Crippen LogP contribution in [-0.4, -0.2) is 18.5 Å². The van der Waals surface area contributed by atoms with E-state index >= 15 is 0 Å². The van der Waals surface area contributed by atoms with E-state index in [1.807, 2.05) is 7.05 Å². The van der Waals surface area contributed by atoms with Crippen LogP contribution < -0.4 is 0 Å². The van der Waals surface area contributed by atoms with Crippen molar-refractivity contribution in [2.75, 3.05) is 13.6 Å². The highest BCUT2D eigenvalue weighted by Crippen LogP contribution is 2.07. The van der Waals surface area contributed by atoms with Crippen LogP contribution in [0.3, 0.4) is 0 Å². The lowest BCUT2D eigenvalue weighted by Gasteiger charge is -2.14. The van der Waals surface area contributed by atoms with Gasteiger partial charge in [0, 0.05) is 19.5 Å². The summed E-state index contributed by atoms with van der Waals surface area (Å²) in [5, 5.41) is 8.47. The third-order valence-electron chi connectivity index (χ3n) is 2.49. The molecule has 0 aliphatic rings. The molecule has 0 fully saturated rings. The topological polar surface area (TPSA) is 27.0 Å². The van der Waals surface area contributed by atoms with Gasteiger partial charge in [0.2, 0.25) is 0 Å². The van der Waals surface area contributed by atoms with E-state index in [2.05, 4.69) is 42.2 Å². The number of nitriles is 1. The second kappa shape index (κ2) is 6.21. The number of aryl methyl sites for hydroxylation is 1. The van der Waals surface area contributed by atoms with E-state index in [0.717, 1.165) is 19.5 Å². The first-order valence-electron chi connectivity index (χ1n) is 5.39. The fourth-order valence-corrected chi connectivity index (χ4v) is 1.51. The van der Waals surface area contributed by atoms with Crippen LogP contribution in [0.25, 0.3) is 0 Å². The lowest BCUT2D eigenvalue weighted by Crippen LogP contribution is -2.18. The zero-order valence-electron chi connectivity index (χ0n) is 9.53. The molecule has 0 bridgehead atoms. The fraction of sp³-hybridized carbons (Fsp3) is 0.462.